The Morgan fingerprint density at radius 1 is 0.929 bits per heavy atom. The lowest BCUT2D eigenvalue weighted by Gasteiger charge is -2.35. The van der Waals surface area contributed by atoms with Gasteiger partial charge < -0.3 is 15.1 Å². The first-order valence-corrected chi connectivity index (χ1v) is 9.99. The number of anilines is 2. The van der Waals surface area contributed by atoms with Gasteiger partial charge in [-0.25, -0.2) is 4.98 Å². The van der Waals surface area contributed by atoms with Crippen LogP contribution in [0.25, 0.3) is 0 Å². The molecule has 1 aliphatic heterocycles. The molecule has 1 fully saturated rings. The van der Waals surface area contributed by atoms with E-state index in [0.29, 0.717) is 24.3 Å². The number of amides is 2. The number of hydrogen-bond donors (Lipinski definition) is 1. The van der Waals surface area contributed by atoms with Gasteiger partial charge in [0.25, 0.3) is 11.8 Å². The van der Waals surface area contributed by atoms with Crippen LogP contribution in [0.2, 0.25) is 0 Å². The smallest absolute Gasteiger partial charge is 0.264 e. The largest absolute Gasteiger partial charge is 0.353 e. The quantitative estimate of drug-likeness (QED) is 0.739. The Morgan fingerprint density at radius 3 is 2.36 bits per heavy atom. The van der Waals surface area contributed by atoms with E-state index in [1.807, 2.05) is 52.7 Å². The molecule has 0 aliphatic carbocycles. The van der Waals surface area contributed by atoms with Gasteiger partial charge in [0.15, 0.2) is 0 Å². The molecule has 0 atom stereocenters. The number of benzene rings is 1. The SMILES string of the molecule is O=C(Nc1ccc(N2CCN(C(=O)c3cccs3)CC2)nc1)c1ccccc1. The van der Waals surface area contributed by atoms with Crippen molar-refractivity contribution >= 4 is 34.7 Å². The van der Waals surface area contributed by atoms with Crippen molar-refractivity contribution in [2.75, 3.05) is 36.4 Å². The summed E-state index contributed by atoms with van der Waals surface area (Å²) in [6, 6.07) is 16.6. The summed E-state index contributed by atoms with van der Waals surface area (Å²) in [6.07, 6.45) is 1.67. The van der Waals surface area contributed by atoms with Gasteiger partial charge in [-0.1, -0.05) is 24.3 Å². The predicted octanol–water partition coefficient (Wildman–Crippen LogP) is 3.36. The third-order valence-electron chi connectivity index (χ3n) is 4.66. The molecule has 0 radical (unpaired) electrons. The average Bonchev–Trinajstić information content (AvgIpc) is 3.29. The first-order chi connectivity index (χ1) is 13.7. The van der Waals surface area contributed by atoms with Crippen molar-refractivity contribution in [1.29, 1.82) is 0 Å². The van der Waals surface area contributed by atoms with E-state index in [-0.39, 0.29) is 11.8 Å². The van der Waals surface area contributed by atoms with Crippen molar-refractivity contribution in [3.63, 3.8) is 0 Å². The number of pyridine rings is 1. The number of carbonyl (C=O) groups excluding carboxylic acids is 2. The van der Waals surface area contributed by atoms with Crippen molar-refractivity contribution < 1.29 is 9.59 Å². The van der Waals surface area contributed by atoms with Crippen LogP contribution in [0.4, 0.5) is 11.5 Å². The van der Waals surface area contributed by atoms with Crippen LogP contribution >= 0.6 is 11.3 Å². The number of carbonyl (C=O) groups is 2. The van der Waals surface area contributed by atoms with Crippen molar-refractivity contribution in [3.8, 4) is 0 Å². The topological polar surface area (TPSA) is 65.5 Å². The van der Waals surface area contributed by atoms with E-state index in [1.165, 1.54) is 11.3 Å². The van der Waals surface area contributed by atoms with Crippen molar-refractivity contribution in [2.45, 2.75) is 0 Å². The van der Waals surface area contributed by atoms with E-state index in [4.69, 9.17) is 0 Å². The highest BCUT2D eigenvalue weighted by atomic mass is 32.1. The molecule has 3 aromatic rings. The maximum Gasteiger partial charge on any atom is 0.264 e. The van der Waals surface area contributed by atoms with Gasteiger partial charge in [0, 0.05) is 31.7 Å². The summed E-state index contributed by atoms with van der Waals surface area (Å²) in [5.74, 6) is 0.790. The average molecular weight is 392 g/mol. The molecule has 0 bridgehead atoms. The van der Waals surface area contributed by atoms with Crippen LogP contribution in [0.15, 0.2) is 66.2 Å². The van der Waals surface area contributed by atoms with E-state index in [1.54, 1.807) is 18.3 Å². The normalized spacial score (nSPS) is 14.0. The van der Waals surface area contributed by atoms with Crippen LogP contribution in [-0.2, 0) is 0 Å². The fourth-order valence-electron chi connectivity index (χ4n) is 3.13. The molecule has 6 nitrogen and oxygen atoms in total. The molecule has 1 aliphatic rings. The number of nitrogens with zero attached hydrogens (tertiary/aromatic N) is 3. The molecule has 1 N–H and O–H groups in total. The maximum absolute atomic E-state index is 12.4. The molecule has 4 rings (SSSR count). The van der Waals surface area contributed by atoms with E-state index in [9.17, 15) is 9.59 Å². The second-order valence-corrected chi connectivity index (χ2v) is 7.43. The Balaban J connectivity index is 1.33. The van der Waals surface area contributed by atoms with E-state index < -0.39 is 0 Å². The van der Waals surface area contributed by atoms with Crippen LogP contribution in [0.1, 0.15) is 20.0 Å². The zero-order valence-corrected chi connectivity index (χ0v) is 16.1. The first kappa shape index (κ1) is 18.2. The lowest BCUT2D eigenvalue weighted by atomic mass is 10.2. The summed E-state index contributed by atoms with van der Waals surface area (Å²) in [5, 5.41) is 4.78. The number of rotatable bonds is 4. The second-order valence-electron chi connectivity index (χ2n) is 6.48. The molecule has 2 amide bonds. The monoisotopic (exact) mass is 392 g/mol. The minimum absolute atomic E-state index is 0.0987. The number of nitrogens with one attached hydrogen (secondary N) is 1. The number of piperazine rings is 1. The van der Waals surface area contributed by atoms with E-state index >= 15 is 0 Å². The Labute approximate surface area is 167 Å². The summed E-state index contributed by atoms with van der Waals surface area (Å²) < 4.78 is 0. The third-order valence-corrected chi connectivity index (χ3v) is 5.52. The first-order valence-electron chi connectivity index (χ1n) is 9.11. The molecule has 0 saturated carbocycles. The summed E-state index contributed by atoms with van der Waals surface area (Å²) in [7, 11) is 0. The molecule has 0 spiro atoms. The Bertz CT molecular complexity index is 934. The van der Waals surface area contributed by atoms with Gasteiger partial charge >= 0.3 is 0 Å². The van der Waals surface area contributed by atoms with Crippen LogP contribution in [0, 0.1) is 0 Å². The van der Waals surface area contributed by atoms with Crippen molar-refractivity contribution in [2.24, 2.45) is 0 Å². The minimum Gasteiger partial charge on any atom is -0.353 e. The molecule has 1 aromatic carbocycles. The number of aromatic nitrogens is 1. The van der Waals surface area contributed by atoms with Crippen LogP contribution < -0.4 is 10.2 Å². The Kier molecular flexibility index (Phi) is 5.34. The van der Waals surface area contributed by atoms with Gasteiger partial charge in [0.1, 0.15) is 5.82 Å². The lowest BCUT2D eigenvalue weighted by Crippen LogP contribution is -2.48. The predicted molar refractivity (Wildman–Crippen MR) is 111 cm³/mol. The molecule has 2 aromatic heterocycles. The number of hydrogen-bond acceptors (Lipinski definition) is 5. The van der Waals surface area contributed by atoms with Gasteiger partial charge in [-0.2, -0.15) is 0 Å². The highest BCUT2D eigenvalue weighted by Gasteiger charge is 2.23. The number of thiophene rings is 1. The van der Waals surface area contributed by atoms with Crippen molar-refractivity contribution in [1.82, 2.24) is 9.88 Å². The van der Waals surface area contributed by atoms with Gasteiger partial charge in [-0.15, -0.1) is 11.3 Å². The highest BCUT2D eigenvalue weighted by molar-refractivity contribution is 7.12. The summed E-state index contributed by atoms with van der Waals surface area (Å²) in [4.78, 5) is 33.9. The fraction of sp³-hybridized carbons (Fsp3) is 0.190. The van der Waals surface area contributed by atoms with Crippen LogP contribution in [0.3, 0.4) is 0 Å². The molecule has 1 saturated heterocycles. The van der Waals surface area contributed by atoms with Crippen LogP contribution in [0.5, 0.6) is 0 Å². The van der Waals surface area contributed by atoms with E-state index in [0.717, 1.165) is 23.8 Å². The van der Waals surface area contributed by atoms with E-state index in [2.05, 4.69) is 15.2 Å². The van der Waals surface area contributed by atoms with Gasteiger partial charge in [-0.05, 0) is 35.7 Å². The maximum atomic E-state index is 12.4. The summed E-state index contributed by atoms with van der Waals surface area (Å²) in [6.45, 7) is 2.81. The lowest BCUT2D eigenvalue weighted by molar-refractivity contribution is 0.0751. The molecule has 3 heterocycles. The zero-order valence-electron chi connectivity index (χ0n) is 15.2. The van der Waals surface area contributed by atoms with Gasteiger partial charge in [0.2, 0.25) is 0 Å². The van der Waals surface area contributed by atoms with Gasteiger partial charge in [-0.3, -0.25) is 9.59 Å². The van der Waals surface area contributed by atoms with Gasteiger partial charge in [0.05, 0.1) is 16.8 Å². The Hall–Kier alpha value is -3.19. The van der Waals surface area contributed by atoms with Crippen molar-refractivity contribution in [3.05, 3.63) is 76.6 Å². The summed E-state index contributed by atoms with van der Waals surface area (Å²) >= 11 is 1.47. The fourth-order valence-corrected chi connectivity index (χ4v) is 3.83. The second kappa shape index (κ2) is 8.22. The molecular weight excluding hydrogens is 372 g/mol. The molecule has 0 unspecified atom stereocenters. The Morgan fingerprint density at radius 2 is 1.71 bits per heavy atom. The minimum atomic E-state index is -0.157. The zero-order chi connectivity index (χ0) is 19.3. The molecular formula is C21H20N4O2S. The highest BCUT2D eigenvalue weighted by Crippen LogP contribution is 2.19. The standard InChI is InChI=1S/C21H20N4O2S/c26-20(16-5-2-1-3-6-16)23-17-8-9-19(22-15-17)24-10-12-25(13-11-24)21(27)18-7-4-14-28-18/h1-9,14-15H,10-13H2,(H,23,26). The molecule has 7 heteroatoms. The summed E-state index contributed by atoms with van der Waals surface area (Å²) in [5.41, 5.74) is 1.27. The van der Waals surface area contributed by atoms with Crippen LogP contribution in [-0.4, -0.2) is 47.9 Å². The molecule has 28 heavy (non-hydrogen) atoms. The molecule has 142 valence electrons. The third kappa shape index (κ3) is 4.04.